The van der Waals surface area contributed by atoms with Gasteiger partial charge in [0.25, 0.3) is 0 Å². The highest BCUT2D eigenvalue weighted by Crippen LogP contribution is 2.42. The molecule has 0 radical (unpaired) electrons. The molecule has 49 heavy (non-hydrogen) atoms. The number of hydrogen-bond donors (Lipinski definition) is 0. The minimum absolute atomic E-state index is 0.704. The lowest BCUT2D eigenvalue weighted by Gasteiger charge is -2.15. The van der Waals surface area contributed by atoms with Gasteiger partial charge in [-0.15, -0.1) is 0 Å². The molecule has 0 saturated heterocycles. The highest BCUT2D eigenvalue weighted by molar-refractivity contribution is 6.29. The largest absolute Gasteiger partial charge is 0.456 e. The van der Waals surface area contributed by atoms with Crippen molar-refractivity contribution in [2.24, 2.45) is 0 Å². The zero-order valence-corrected chi connectivity index (χ0v) is 26.5. The third-order valence-electron chi connectivity index (χ3n) is 9.67. The molecule has 228 valence electrons. The predicted molar refractivity (Wildman–Crippen MR) is 204 cm³/mol. The van der Waals surface area contributed by atoms with Crippen LogP contribution in [0.2, 0.25) is 0 Å². The minimum atomic E-state index is 0.704. The van der Waals surface area contributed by atoms with E-state index in [-0.39, 0.29) is 0 Å². The number of aromatic nitrogens is 2. The first-order chi connectivity index (χ1) is 24.3. The lowest BCUT2D eigenvalue weighted by atomic mass is 9.88. The van der Waals surface area contributed by atoms with Crippen LogP contribution in [-0.4, -0.2) is 9.97 Å². The summed E-state index contributed by atoms with van der Waals surface area (Å²) in [7, 11) is 0. The summed E-state index contributed by atoms with van der Waals surface area (Å²) in [5, 5.41) is 9.52. The molecule has 0 fully saturated rings. The third-order valence-corrected chi connectivity index (χ3v) is 9.67. The Kier molecular flexibility index (Phi) is 6.18. The van der Waals surface area contributed by atoms with Gasteiger partial charge in [0.05, 0.1) is 11.4 Å². The normalized spacial score (nSPS) is 11.7. The highest BCUT2D eigenvalue weighted by Gasteiger charge is 2.17. The summed E-state index contributed by atoms with van der Waals surface area (Å²) < 4.78 is 6.32. The number of fused-ring (bicyclic) bond motifs is 9. The second-order valence-electron chi connectivity index (χ2n) is 12.5. The van der Waals surface area contributed by atoms with E-state index in [9.17, 15) is 0 Å². The van der Waals surface area contributed by atoms with Crippen LogP contribution in [0.15, 0.2) is 174 Å². The van der Waals surface area contributed by atoms with Gasteiger partial charge >= 0.3 is 0 Å². The fraction of sp³-hybridized carbons (Fsp3) is 0. The molecule has 8 aromatic carbocycles. The smallest absolute Gasteiger partial charge is 0.160 e. The Bertz CT molecular complexity index is 2810. The predicted octanol–water partition coefficient (Wildman–Crippen LogP) is 12.5. The highest BCUT2D eigenvalue weighted by atomic mass is 16.3. The Labute approximate surface area is 282 Å². The maximum atomic E-state index is 6.32. The number of benzene rings is 8. The second-order valence-corrected chi connectivity index (χ2v) is 12.5. The van der Waals surface area contributed by atoms with Crippen LogP contribution in [0.5, 0.6) is 0 Å². The van der Waals surface area contributed by atoms with Crippen molar-refractivity contribution in [2.45, 2.75) is 0 Å². The van der Waals surface area contributed by atoms with Gasteiger partial charge in [0, 0.05) is 27.5 Å². The molecule has 0 unspecified atom stereocenters. The molecule has 0 spiro atoms. The summed E-state index contributed by atoms with van der Waals surface area (Å²) in [6, 6.07) is 59.7. The summed E-state index contributed by atoms with van der Waals surface area (Å²) >= 11 is 0. The van der Waals surface area contributed by atoms with Gasteiger partial charge in [-0.1, -0.05) is 140 Å². The van der Waals surface area contributed by atoms with Crippen molar-refractivity contribution >= 4 is 54.3 Å². The first kappa shape index (κ1) is 27.5. The molecule has 10 rings (SSSR count). The van der Waals surface area contributed by atoms with Crippen molar-refractivity contribution in [3.05, 3.63) is 170 Å². The maximum absolute atomic E-state index is 6.32. The quantitative estimate of drug-likeness (QED) is 0.183. The van der Waals surface area contributed by atoms with Crippen molar-refractivity contribution < 1.29 is 4.42 Å². The van der Waals surface area contributed by atoms with Crippen LogP contribution in [0.4, 0.5) is 0 Å². The van der Waals surface area contributed by atoms with Crippen molar-refractivity contribution in [3.8, 4) is 45.0 Å². The molecule has 0 aliphatic rings. The molecule has 2 aromatic heterocycles. The van der Waals surface area contributed by atoms with Crippen molar-refractivity contribution in [3.63, 3.8) is 0 Å². The van der Waals surface area contributed by atoms with Crippen LogP contribution in [0.1, 0.15) is 0 Å². The number of rotatable bonds is 4. The average molecular weight is 625 g/mol. The molecular formula is C46H28N2O. The molecule has 0 N–H and O–H groups in total. The van der Waals surface area contributed by atoms with Gasteiger partial charge < -0.3 is 4.42 Å². The average Bonchev–Trinajstić information content (AvgIpc) is 3.56. The molecule has 0 bridgehead atoms. The van der Waals surface area contributed by atoms with Gasteiger partial charge in [0.15, 0.2) is 5.82 Å². The first-order valence-electron chi connectivity index (χ1n) is 16.6. The van der Waals surface area contributed by atoms with E-state index in [0.29, 0.717) is 5.82 Å². The SMILES string of the molecule is c1ccc(-c2cc(-c3ccccc3)nc(-c3ccc4c(c3)c3ccccc3c3cccc(-c5ccc6c(c5)oc5ccccc56)c34)n2)cc1. The first-order valence-corrected chi connectivity index (χ1v) is 16.6. The Hall–Kier alpha value is -6.58. The fourth-order valence-corrected chi connectivity index (χ4v) is 7.37. The van der Waals surface area contributed by atoms with Crippen molar-refractivity contribution in [1.82, 2.24) is 9.97 Å². The molecule has 0 aliphatic heterocycles. The van der Waals surface area contributed by atoms with Crippen LogP contribution >= 0.6 is 0 Å². The molecule has 0 saturated carbocycles. The zero-order chi connectivity index (χ0) is 32.3. The summed E-state index contributed by atoms with van der Waals surface area (Å²) in [6.07, 6.45) is 0. The molecule has 0 aliphatic carbocycles. The van der Waals surface area contributed by atoms with E-state index < -0.39 is 0 Å². The summed E-state index contributed by atoms with van der Waals surface area (Å²) in [5.74, 6) is 0.704. The van der Waals surface area contributed by atoms with Gasteiger partial charge in [-0.2, -0.15) is 0 Å². The molecule has 3 nitrogen and oxygen atoms in total. The Morgan fingerprint density at radius 3 is 1.61 bits per heavy atom. The van der Waals surface area contributed by atoms with Crippen molar-refractivity contribution in [2.75, 3.05) is 0 Å². The number of hydrogen-bond acceptors (Lipinski definition) is 3. The van der Waals surface area contributed by atoms with E-state index in [1.807, 2.05) is 24.3 Å². The van der Waals surface area contributed by atoms with E-state index in [1.54, 1.807) is 0 Å². The third kappa shape index (κ3) is 4.51. The summed E-state index contributed by atoms with van der Waals surface area (Å²) in [4.78, 5) is 10.3. The Balaban J connectivity index is 1.22. The Morgan fingerprint density at radius 2 is 0.878 bits per heavy atom. The van der Waals surface area contributed by atoms with Crippen LogP contribution < -0.4 is 0 Å². The molecule has 0 atom stereocenters. The molecular weight excluding hydrogens is 597 g/mol. The van der Waals surface area contributed by atoms with E-state index in [1.165, 1.54) is 37.9 Å². The Morgan fingerprint density at radius 1 is 0.327 bits per heavy atom. The molecule has 0 amide bonds. The van der Waals surface area contributed by atoms with E-state index >= 15 is 0 Å². The molecule has 2 heterocycles. The number of furan rings is 1. The maximum Gasteiger partial charge on any atom is 0.160 e. The topological polar surface area (TPSA) is 38.9 Å². The lowest BCUT2D eigenvalue weighted by Crippen LogP contribution is -1.96. The van der Waals surface area contributed by atoms with Gasteiger partial charge in [-0.25, -0.2) is 9.97 Å². The van der Waals surface area contributed by atoms with Gasteiger partial charge in [-0.05, 0) is 73.8 Å². The van der Waals surface area contributed by atoms with E-state index in [0.717, 1.165) is 55.6 Å². The second kappa shape index (κ2) is 11.0. The zero-order valence-electron chi connectivity index (χ0n) is 26.5. The van der Waals surface area contributed by atoms with E-state index in [4.69, 9.17) is 14.4 Å². The molecule has 10 aromatic rings. The minimum Gasteiger partial charge on any atom is -0.456 e. The van der Waals surface area contributed by atoms with E-state index in [2.05, 4.69) is 146 Å². The van der Waals surface area contributed by atoms with Crippen LogP contribution in [0.25, 0.3) is 99.3 Å². The number of para-hydroxylation sites is 1. The van der Waals surface area contributed by atoms with Gasteiger partial charge in [0.2, 0.25) is 0 Å². The van der Waals surface area contributed by atoms with Crippen LogP contribution in [0, 0.1) is 0 Å². The van der Waals surface area contributed by atoms with Gasteiger partial charge in [0.1, 0.15) is 11.2 Å². The van der Waals surface area contributed by atoms with Crippen molar-refractivity contribution in [1.29, 1.82) is 0 Å². The monoisotopic (exact) mass is 624 g/mol. The lowest BCUT2D eigenvalue weighted by molar-refractivity contribution is 0.669. The summed E-state index contributed by atoms with van der Waals surface area (Å²) in [6.45, 7) is 0. The van der Waals surface area contributed by atoms with Gasteiger partial charge in [-0.3, -0.25) is 0 Å². The van der Waals surface area contributed by atoms with Crippen LogP contribution in [-0.2, 0) is 0 Å². The molecule has 3 heteroatoms. The van der Waals surface area contributed by atoms with Crippen LogP contribution in [0.3, 0.4) is 0 Å². The fourth-order valence-electron chi connectivity index (χ4n) is 7.37. The standard InChI is InChI=1S/C46H28N2O/c1-3-12-29(13-4-1)41-28-42(30-14-5-2-6-15-30)48-46(47-41)32-23-25-39-40(26-32)35-17-8-7-16-34(35)38-20-11-19-33(45(38)39)31-22-24-37-36-18-9-10-21-43(36)49-44(37)27-31/h1-28H. The summed E-state index contributed by atoms with van der Waals surface area (Å²) in [5.41, 5.74) is 9.01. The number of nitrogens with zero attached hydrogens (tertiary/aromatic N) is 2.